The molecule has 0 radical (unpaired) electrons. The van der Waals surface area contributed by atoms with Crippen molar-refractivity contribution in [2.24, 2.45) is 0 Å². The maximum atomic E-state index is 12.0. The van der Waals surface area contributed by atoms with Gasteiger partial charge in [-0.1, -0.05) is 24.3 Å². The Labute approximate surface area is 151 Å². The molecular weight excluding hydrogens is 332 g/mol. The second-order valence-corrected chi connectivity index (χ2v) is 6.59. The number of para-hydroxylation sites is 1. The number of hydrogen-bond donors (Lipinski definition) is 2. The molecule has 1 heterocycles. The maximum Gasteiger partial charge on any atom is 0.258 e. The summed E-state index contributed by atoms with van der Waals surface area (Å²) in [5.41, 5.74) is 1.99. The van der Waals surface area contributed by atoms with Crippen molar-refractivity contribution in [3.63, 3.8) is 0 Å². The Balaban J connectivity index is 1.47. The summed E-state index contributed by atoms with van der Waals surface area (Å²) < 4.78 is 5.55. The van der Waals surface area contributed by atoms with E-state index in [1.54, 1.807) is 11.3 Å². The highest BCUT2D eigenvalue weighted by Crippen LogP contribution is 2.20. The molecule has 0 aliphatic heterocycles. The van der Waals surface area contributed by atoms with Crippen LogP contribution in [-0.4, -0.2) is 12.5 Å². The highest BCUT2D eigenvalue weighted by molar-refractivity contribution is 7.10. The zero-order valence-electron chi connectivity index (χ0n) is 13.9. The van der Waals surface area contributed by atoms with Crippen LogP contribution in [-0.2, 0) is 4.79 Å². The van der Waals surface area contributed by atoms with Crippen molar-refractivity contribution >= 4 is 28.6 Å². The third-order valence-electron chi connectivity index (χ3n) is 3.63. The van der Waals surface area contributed by atoms with E-state index in [0.29, 0.717) is 5.75 Å². The van der Waals surface area contributed by atoms with Crippen molar-refractivity contribution in [3.05, 3.63) is 77.0 Å². The van der Waals surface area contributed by atoms with Crippen LogP contribution < -0.4 is 15.4 Å². The highest BCUT2D eigenvalue weighted by Gasteiger charge is 2.10. The predicted octanol–water partition coefficient (Wildman–Crippen LogP) is 4.75. The lowest BCUT2D eigenvalue weighted by molar-refractivity contribution is -0.123. The molecule has 1 unspecified atom stereocenters. The van der Waals surface area contributed by atoms with Gasteiger partial charge in [-0.05, 0) is 54.8 Å². The Kier molecular flexibility index (Phi) is 5.69. The van der Waals surface area contributed by atoms with Crippen molar-refractivity contribution in [2.75, 3.05) is 11.9 Å². The molecule has 4 nitrogen and oxygen atoms in total. The first-order valence-corrected chi connectivity index (χ1v) is 8.96. The van der Waals surface area contributed by atoms with Gasteiger partial charge in [0.1, 0.15) is 5.75 Å². The number of hydrogen-bond acceptors (Lipinski definition) is 4. The van der Waals surface area contributed by atoms with Crippen LogP contribution in [0.4, 0.5) is 11.4 Å². The van der Waals surface area contributed by atoms with Gasteiger partial charge in [0.25, 0.3) is 5.91 Å². The molecular formula is C20H20N2O2S. The minimum absolute atomic E-state index is 0.00117. The van der Waals surface area contributed by atoms with Crippen molar-refractivity contribution in [1.29, 1.82) is 0 Å². The zero-order valence-corrected chi connectivity index (χ0v) is 14.8. The van der Waals surface area contributed by atoms with Crippen LogP contribution in [0.3, 0.4) is 0 Å². The van der Waals surface area contributed by atoms with Crippen LogP contribution in [0.5, 0.6) is 5.75 Å². The fourth-order valence-electron chi connectivity index (χ4n) is 2.36. The molecule has 2 N–H and O–H groups in total. The van der Waals surface area contributed by atoms with Gasteiger partial charge in [0, 0.05) is 16.3 Å². The topological polar surface area (TPSA) is 50.4 Å². The number of nitrogens with one attached hydrogen (secondary N) is 2. The van der Waals surface area contributed by atoms with E-state index in [0.717, 1.165) is 16.3 Å². The van der Waals surface area contributed by atoms with Gasteiger partial charge in [-0.2, -0.15) is 0 Å². The van der Waals surface area contributed by atoms with E-state index in [1.165, 1.54) is 0 Å². The van der Waals surface area contributed by atoms with Gasteiger partial charge < -0.3 is 15.4 Å². The highest BCUT2D eigenvalue weighted by atomic mass is 32.1. The number of thiophene rings is 1. The Hall–Kier alpha value is -2.79. The molecule has 0 spiro atoms. The summed E-state index contributed by atoms with van der Waals surface area (Å²) in [6, 6.07) is 21.5. The number of carbonyl (C=O) groups is 1. The van der Waals surface area contributed by atoms with Crippen LogP contribution in [0.1, 0.15) is 17.8 Å². The first-order valence-electron chi connectivity index (χ1n) is 8.08. The van der Waals surface area contributed by atoms with E-state index in [4.69, 9.17) is 4.74 Å². The van der Waals surface area contributed by atoms with Crippen molar-refractivity contribution in [2.45, 2.75) is 13.0 Å². The van der Waals surface area contributed by atoms with Gasteiger partial charge in [0.15, 0.2) is 6.61 Å². The van der Waals surface area contributed by atoms with Crippen LogP contribution in [0.2, 0.25) is 0 Å². The number of carbonyl (C=O) groups excluding carboxylic acids is 1. The van der Waals surface area contributed by atoms with Gasteiger partial charge in [0.2, 0.25) is 0 Å². The molecule has 5 heteroatoms. The smallest absolute Gasteiger partial charge is 0.258 e. The fraction of sp³-hybridized carbons (Fsp3) is 0.150. The van der Waals surface area contributed by atoms with E-state index < -0.39 is 0 Å². The monoisotopic (exact) mass is 352 g/mol. The molecule has 3 aromatic rings. The molecule has 1 aromatic heterocycles. The second kappa shape index (κ2) is 8.35. The molecule has 128 valence electrons. The lowest BCUT2D eigenvalue weighted by Crippen LogP contribution is -2.30. The SMILES string of the molecule is CC(NC(=O)COc1ccc(Nc2ccccc2)cc1)c1cccs1. The standard InChI is InChI=1S/C20H20N2O2S/c1-15(19-8-5-13-25-19)21-20(23)14-24-18-11-9-17(10-12-18)22-16-6-3-2-4-7-16/h2-13,15,22H,14H2,1H3,(H,21,23). The summed E-state index contributed by atoms with van der Waals surface area (Å²) in [4.78, 5) is 13.1. The molecule has 0 saturated heterocycles. The second-order valence-electron chi connectivity index (χ2n) is 5.61. The van der Waals surface area contributed by atoms with Gasteiger partial charge >= 0.3 is 0 Å². The van der Waals surface area contributed by atoms with Gasteiger partial charge in [-0.3, -0.25) is 4.79 Å². The largest absolute Gasteiger partial charge is 0.484 e. The van der Waals surface area contributed by atoms with Crippen LogP contribution in [0, 0.1) is 0 Å². The number of anilines is 2. The van der Waals surface area contributed by atoms with Crippen molar-refractivity contribution in [3.8, 4) is 5.75 Å². The summed E-state index contributed by atoms with van der Waals surface area (Å²) in [5.74, 6) is 0.532. The molecule has 1 amide bonds. The Bertz CT molecular complexity index is 786. The van der Waals surface area contributed by atoms with Crippen LogP contribution in [0.25, 0.3) is 0 Å². The molecule has 25 heavy (non-hydrogen) atoms. The molecule has 0 saturated carbocycles. The molecule has 3 rings (SSSR count). The zero-order chi connectivity index (χ0) is 17.5. The average molecular weight is 352 g/mol. The van der Waals surface area contributed by atoms with Crippen molar-refractivity contribution in [1.82, 2.24) is 5.32 Å². The third kappa shape index (κ3) is 5.09. The van der Waals surface area contributed by atoms with Crippen LogP contribution >= 0.6 is 11.3 Å². The normalized spacial score (nSPS) is 11.6. The molecule has 0 aliphatic carbocycles. The lowest BCUT2D eigenvalue weighted by Gasteiger charge is -2.13. The summed E-state index contributed by atoms with van der Waals surface area (Å²) >= 11 is 1.63. The lowest BCUT2D eigenvalue weighted by atomic mass is 10.2. The molecule has 0 bridgehead atoms. The van der Waals surface area contributed by atoms with Crippen LogP contribution in [0.15, 0.2) is 72.1 Å². The van der Waals surface area contributed by atoms with E-state index in [1.807, 2.05) is 79.0 Å². The number of rotatable bonds is 7. The molecule has 1 atom stereocenters. The fourth-order valence-corrected chi connectivity index (χ4v) is 3.10. The minimum Gasteiger partial charge on any atom is -0.484 e. The predicted molar refractivity (Wildman–Crippen MR) is 103 cm³/mol. The quantitative estimate of drug-likeness (QED) is 0.645. The number of ether oxygens (including phenoxy) is 1. The van der Waals surface area contributed by atoms with Gasteiger partial charge in [-0.15, -0.1) is 11.3 Å². The van der Waals surface area contributed by atoms with Gasteiger partial charge in [-0.25, -0.2) is 0 Å². The minimum atomic E-state index is -0.132. The number of amides is 1. The Morgan fingerprint density at radius 2 is 1.72 bits per heavy atom. The Morgan fingerprint density at radius 1 is 1.00 bits per heavy atom. The van der Waals surface area contributed by atoms with Crippen molar-refractivity contribution < 1.29 is 9.53 Å². The van der Waals surface area contributed by atoms with E-state index in [2.05, 4.69) is 10.6 Å². The Morgan fingerprint density at radius 3 is 2.40 bits per heavy atom. The maximum absolute atomic E-state index is 12.0. The summed E-state index contributed by atoms with van der Waals surface area (Å²) in [6.07, 6.45) is 0. The molecule has 0 aliphatic rings. The third-order valence-corrected chi connectivity index (χ3v) is 4.69. The summed E-state index contributed by atoms with van der Waals surface area (Å²) in [5, 5.41) is 8.23. The number of benzene rings is 2. The van der Waals surface area contributed by atoms with Gasteiger partial charge in [0.05, 0.1) is 6.04 Å². The van der Waals surface area contributed by atoms with E-state index >= 15 is 0 Å². The molecule has 0 fully saturated rings. The summed E-state index contributed by atoms with van der Waals surface area (Å²) in [6.45, 7) is 1.97. The first-order chi connectivity index (χ1) is 12.2. The van der Waals surface area contributed by atoms with E-state index in [-0.39, 0.29) is 18.6 Å². The summed E-state index contributed by atoms with van der Waals surface area (Å²) in [7, 11) is 0. The molecule has 2 aromatic carbocycles. The van der Waals surface area contributed by atoms with E-state index in [9.17, 15) is 4.79 Å². The average Bonchev–Trinajstić information content (AvgIpc) is 3.17. The first kappa shape index (κ1) is 17.0.